The third kappa shape index (κ3) is 13.4. The Morgan fingerprint density at radius 3 is 2.14 bits per heavy atom. The van der Waals surface area contributed by atoms with Crippen LogP contribution < -0.4 is 10.6 Å². The molecule has 2 N–H and O–H groups in total. The van der Waals surface area contributed by atoms with Crippen molar-refractivity contribution in [3.05, 3.63) is 35.9 Å². The van der Waals surface area contributed by atoms with Crippen molar-refractivity contribution >= 4 is 35.4 Å². The maximum absolute atomic E-state index is 14.2. The van der Waals surface area contributed by atoms with Gasteiger partial charge in [-0.25, -0.2) is 0 Å². The lowest BCUT2D eigenvalue weighted by Crippen LogP contribution is -2.59. The Morgan fingerprint density at radius 1 is 0.961 bits per heavy atom. The Balaban J connectivity index is 2.23. The number of benzene rings is 1. The van der Waals surface area contributed by atoms with Crippen molar-refractivity contribution in [1.29, 1.82) is 0 Å². The summed E-state index contributed by atoms with van der Waals surface area (Å²) in [6, 6.07) is 8.58. The van der Waals surface area contributed by atoms with Gasteiger partial charge in [-0.05, 0) is 61.9 Å². The summed E-state index contributed by atoms with van der Waals surface area (Å²) in [6.45, 7) is 17.5. The van der Waals surface area contributed by atoms with Crippen LogP contribution in [0.25, 0.3) is 0 Å². The van der Waals surface area contributed by atoms with Crippen LogP contribution >= 0.6 is 11.8 Å². The smallest absolute Gasteiger partial charge is 0.245 e. The minimum absolute atomic E-state index is 0.00668. The van der Waals surface area contributed by atoms with Crippen LogP contribution in [0.2, 0.25) is 0 Å². The first-order valence-electron chi connectivity index (χ1n) is 19.1. The van der Waals surface area contributed by atoms with Gasteiger partial charge in [0.2, 0.25) is 23.6 Å². The summed E-state index contributed by atoms with van der Waals surface area (Å²) in [5.74, 6) is -0.416. The van der Waals surface area contributed by atoms with Gasteiger partial charge in [-0.2, -0.15) is 11.8 Å². The highest BCUT2D eigenvalue weighted by atomic mass is 32.2. The number of carbonyl (C=O) groups excluding carboxylic acids is 4. The average molecular weight is 732 g/mol. The van der Waals surface area contributed by atoms with Crippen LogP contribution in [0.1, 0.15) is 93.1 Å². The second-order valence-electron chi connectivity index (χ2n) is 15.5. The number of likely N-dealkylation sites (N-methyl/N-ethyl adjacent to an activating group) is 2. The molecule has 11 heteroatoms. The predicted octanol–water partition coefficient (Wildman–Crippen LogP) is 5.24. The van der Waals surface area contributed by atoms with Crippen molar-refractivity contribution in [1.82, 2.24) is 25.3 Å². The number of ether oxygens (including phenoxy) is 1. The van der Waals surface area contributed by atoms with E-state index >= 15 is 0 Å². The summed E-state index contributed by atoms with van der Waals surface area (Å²) in [5, 5.41) is 6.43. The molecule has 1 aliphatic heterocycles. The van der Waals surface area contributed by atoms with Gasteiger partial charge >= 0.3 is 0 Å². The van der Waals surface area contributed by atoms with Crippen LogP contribution in [-0.4, -0.2) is 120 Å². The molecule has 1 saturated heterocycles. The largest absolute Gasteiger partial charge is 0.379 e. The van der Waals surface area contributed by atoms with E-state index in [1.54, 1.807) is 30.8 Å². The molecule has 10 nitrogen and oxygen atoms in total. The first kappa shape index (κ1) is 44.5. The second kappa shape index (κ2) is 21.8. The summed E-state index contributed by atoms with van der Waals surface area (Å²) >= 11 is 1.76. The van der Waals surface area contributed by atoms with E-state index in [1.807, 2.05) is 69.8 Å². The predicted molar refractivity (Wildman–Crippen MR) is 210 cm³/mol. The fraction of sp³-hybridized carbons (Fsp3) is 0.750. The first-order chi connectivity index (χ1) is 24.0. The lowest BCUT2D eigenvalue weighted by Gasteiger charge is -2.41. The molecular formula is C40H69N5O5S. The van der Waals surface area contributed by atoms with Gasteiger partial charge in [-0.15, -0.1) is 0 Å². The van der Waals surface area contributed by atoms with Crippen LogP contribution in [0.5, 0.6) is 0 Å². The van der Waals surface area contributed by atoms with E-state index in [0.717, 1.165) is 25.7 Å². The SMILES string of the molecule is CCC(C)C(C(CC(=O)N1CCCC1C(CC(=O)NCCc1ccccc1)SC(C)C)OC)N(C)C(=O)C(NC(=O)C(C(C)C)N(C)C)C(C)C. The van der Waals surface area contributed by atoms with Crippen LogP contribution in [0, 0.1) is 17.8 Å². The number of methoxy groups -OCH3 is 1. The van der Waals surface area contributed by atoms with Gasteiger partial charge < -0.3 is 25.2 Å². The topological polar surface area (TPSA) is 111 Å². The number of nitrogens with zero attached hydrogens (tertiary/aromatic N) is 3. The Morgan fingerprint density at radius 2 is 1.61 bits per heavy atom. The summed E-state index contributed by atoms with van der Waals surface area (Å²) in [4.78, 5) is 60.6. The van der Waals surface area contributed by atoms with E-state index in [-0.39, 0.29) is 71.2 Å². The normalized spacial score (nSPS) is 18.4. The standard InChI is InChI=1S/C40H69N5O5S/c1-13-29(8)38(44(11)40(49)36(26(2)3)42-39(48)37(27(4)5)43(9)10)32(50-12)24-35(47)45-23-17-20-31(45)33(51-28(6)7)25-34(46)41-22-21-30-18-15-14-16-19-30/h14-16,18-19,26-29,31-33,36-38H,13,17,20-25H2,1-12H3,(H,41,46)(H,42,48). The molecular weight excluding hydrogens is 663 g/mol. The fourth-order valence-electron chi connectivity index (χ4n) is 7.48. The molecule has 1 aromatic rings. The molecule has 51 heavy (non-hydrogen) atoms. The minimum Gasteiger partial charge on any atom is -0.379 e. The molecule has 0 bridgehead atoms. The first-order valence-corrected chi connectivity index (χ1v) is 20.0. The van der Waals surface area contributed by atoms with Crippen molar-refractivity contribution in [2.24, 2.45) is 17.8 Å². The van der Waals surface area contributed by atoms with Gasteiger partial charge in [0.1, 0.15) is 6.04 Å². The Hall–Kier alpha value is -2.63. The number of hydrogen-bond donors (Lipinski definition) is 2. The molecule has 0 aliphatic carbocycles. The minimum atomic E-state index is -0.723. The molecule has 1 aliphatic rings. The van der Waals surface area contributed by atoms with E-state index < -0.39 is 12.1 Å². The van der Waals surface area contributed by atoms with E-state index in [9.17, 15) is 19.2 Å². The third-order valence-corrected chi connectivity index (χ3v) is 11.6. The van der Waals surface area contributed by atoms with Crippen molar-refractivity contribution < 1.29 is 23.9 Å². The molecule has 0 saturated carbocycles. The summed E-state index contributed by atoms with van der Waals surface area (Å²) in [6.07, 6.45) is 3.20. The quantitative estimate of drug-likeness (QED) is 0.178. The highest BCUT2D eigenvalue weighted by Gasteiger charge is 2.41. The van der Waals surface area contributed by atoms with Crippen LogP contribution in [0.15, 0.2) is 30.3 Å². The number of hydrogen-bond acceptors (Lipinski definition) is 7. The fourth-order valence-corrected chi connectivity index (χ4v) is 8.89. The lowest BCUT2D eigenvalue weighted by molar-refractivity contribution is -0.146. The van der Waals surface area contributed by atoms with Crippen LogP contribution in [0.3, 0.4) is 0 Å². The molecule has 0 aromatic heterocycles. The van der Waals surface area contributed by atoms with E-state index in [4.69, 9.17) is 4.74 Å². The lowest BCUT2D eigenvalue weighted by atomic mass is 9.89. The number of thioether (sulfide) groups is 1. The summed E-state index contributed by atoms with van der Waals surface area (Å²) < 4.78 is 6.06. The molecule has 4 amide bonds. The Kier molecular flexibility index (Phi) is 19.0. The molecule has 2 rings (SSSR count). The number of nitrogens with one attached hydrogen (secondary N) is 2. The van der Waals surface area contributed by atoms with Crippen molar-refractivity contribution in [2.75, 3.05) is 41.3 Å². The van der Waals surface area contributed by atoms with Gasteiger partial charge in [0, 0.05) is 45.0 Å². The summed E-state index contributed by atoms with van der Waals surface area (Å²) in [5.41, 5.74) is 1.18. The van der Waals surface area contributed by atoms with Gasteiger partial charge in [0.25, 0.3) is 0 Å². The Labute approximate surface area is 313 Å². The van der Waals surface area contributed by atoms with Crippen LogP contribution in [-0.2, 0) is 30.3 Å². The number of rotatable bonds is 21. The van der Waals surface area contributed by atoms with Gasteiger partial charge in [0.05, 0.1) is 24.6 Å². The zero-order valence-electron chi connectivity index (χ0n) is 33.6. The number of amides is 4. The van der Waals surface area contributed by atoms with Crippen molar-refractivity contribution in [2.45, 2.75) is 135 Å². The number of likely N-dealkylation sites (tertiary alicyclic amines) is 1. The zero-order chi connectivity index (χ0) is 38.4. The molecule has 290 valence electrons. The summed E-state index contributed by atoms with van der Waals surface area (Å²) in [7, 11) is 7.13. The van der Waals surface area contributed by atoms with Gasteiger partial charge in [0.15, 0.2) is 0 Å². The van der Waals surface area contributed by atoms with E-state index in [1.165, 1.54) is 5.56 Å². The molecule has 7 atom stereocenters. The molecule has 0 radical (unpaired) electrons. The zero-order valence-corrected chi connectivity index (χ0v) is 34.4. The monoisotopic (exact) mass is 732 g/mol. The molecule has 0 spiro atoms. The van der Waals surface area contributed by atoms with E-state index in [0.29, 0.717) is 24.8 Å². The van der Waals surface area contributed by atoms with Crippen LogP contribution in [0.4, 0.5) is 0 Å². The maximum Gasteiger partial charge on any atom is 0.245 e. The van der Waals surface area contributed by atoms with Gasteiger partial charge in [-0.1, -0.05) is 92.1 Å². The maximum atomic E-state index is 14.2. The molecule has 1 aromatic carbocycles. The van der Waals surface area contributed by atoms with Crippen molar-refractivity contribution in [3.8, 4) is 0 Å². The molecule has 1 heterocycles. The third-order valence-electron chi connectivity index (χ3n) is 10.2. The van der Waals surface area contributed by atoms with Crippen molar-refractivity contribution in [3.63, 3.8) is 0 Å². The molecule has 1 fully saturated rings. The number of carbonyl (C=O) groups is 4. The second-order valence-corrected chi connectivity index (χ2v) is 17.3. The highest BCUT2D eigenvalue weighted by Crippen LogP contribution is 2.33. The highest BCUT2D eigenvalue weighted by molar-refractivity contribution is 8.00. The van der Waals surface area contributed by atoms with E-state index in [2.05, 4.69) is 50.5 Å². The van der Waals surface area contributed by atoms with Gasteiger partial charge in [-0.3, -0.25) is 24.1 Å². The Bertz CT molecular complexity index is 1220. The average Bonchev–Trinajstić information content (AvgIpc) is 3.56. The molecule has 7 unspecified atom stereocenters.